The number of carbonyl (C=O) groups is 2. The van der Waals surface area contributed by atoms with Crippen molar-refractivity contribution in [1.82, 2.24) is 71.1 Å². The highest BCUT2D eigenvalue weighted by Crippen LogP contribution is 2.52. The third-order valence-electron chi connectivity index (χ3n) is 25.4. The molecule has 44 heteroatoms. The molecule has 1 unspecified atom stereocenters. The second kappa shape index (κ2) is 44.4. The third-order valence-corrected chi connectivity index (χ3v) is 26.6. The Morgan fingerprint density at radius 1 is 0.470 bits per heavy atom. The minimum Gasteiger partial charge on any atom is -0.472 e. The molecule has 0 bridgehead atoms. The number of aryl methyl sites for hydroxylation is 3. The summed E-state index contributed by atoms with van der Waals surface area (Å²) in [6, 6.07) is 33.4. The second-order valence-electron chi connectivity index (χ2n) is 36.6. The van der Waals surface area contributed by atoms with Crippen LogP contribution in [0.3, 0.4) is 0 Å². The maximum Gasteiger partial charge on any atom is 0.418 e. The first-order valence-corrected chi connectivity index (χ1v) is 48.6. The summed E-state index contributed by atoms with van der Waals surface area (Å²) in [6.45, 7) is 12.8. The lowest BCUT2D eigenvalue weighted by molar-refractivity contribution is -0.137. The summed E-state index contributed by atoms with van der Waals surface area (Å²) >= 11 is 7.71. The summed E-state index contributed by atoms with van der Waals surface area (Å²) in [5.41, 5.74) is 2.30. The SMILES string of the molecule is C.C.CCCCNc1nnc(-c2cc(C)c3cc(C4CC4)cc(C(F)(F)F)c3n2)o1.CNc1cc(C(=O)NCc2ccccn2)nc2c(C(F)(F)F)cc(C3CC3)cc12.Cc1cc(-c2nnc(NCC3(C)OCCO3)o2)nc2c(C(F)(F)F)cc(C3CC3)cc12.Cc1cc(-c2nnc(NCC3CCCO3)o2)nc2c(C(F)(F)F)cc(C3CC3)cc12.O=C(NCc1cccs1)c1cc(Cl)c2cc(-c3ccoc3)cc(C(F)(F)F)c2n1. The quantitative estimate of drug-likeness (QED) is 0.0229. The number of furan rings is 1. The number of anilines is 4. The largest absolute Gasteiger partial charge is 0.472 e. The predicted molar refractivity (Wildman–Crippen MR) is 532 cm³/mol. The maximum absolute atomic E-state index is 13.8. The predicted octanol–water partition coefficient (Wildman–Crippen LogP) is 27.4. The number of amides is 2. The topological polar surface area (TPSA) is 341 Å². The van der Waals surface area contributed by atoms with E-state index < -0.39 is 76.3 Å². The monoisotopic (exact) mass is 2110 g/mol. The van der Waals surface area contributed by atoms with Crippen molar-refractivity contribution >= 4 is 113 Å². The molecule has 22 rings (SSSR count). The van der Waals surface area contributed by atoms with Gasteiger partial charge in [-0.15, -0.1) is 26.6 Å². The van der Waals surface area contributed by atoms with Gasteiger partial charge in [-0.3, -0.25) is 14.6 Å². The molecule has 13 heterocycles. The van der Waals surface area contributed by atoms with Crippen LogP contribution in [0.25, 0.3) is 100 Å². The van der Waals surface area contributed by atoms with E-state index in [1.165, 1.54) is 66.3 Å². The number of benzene rings is 5. The standard InChI is InChI=1S/C21H21F3N4O3.C21H21F3N4O2.C21H19F3N4O.C20H12ClF3N2O2S.C20H21F3N4O.2CH4/c1-11-7-16(18-27-28-19(31-18)25-10-20(2)29-5-6-30-20)26-17-14(11)8-13(12-3-4-12)9-15(17)21(22,23)24;1-11-7-17(19-27-28-20(30-19)25-10-14-3-2-6-29-14)26-18-15(11)8-13(12-4-5-12)9-16(18)21(22,23)24;1-25-17-10-18(20(29)27-11-14-4-2-3-7-26-14)28-19-15(17)8-13(12-5-6-12)9-16(19)21(22,23)24;21-16-8-17(19(27)25-9-13-2-1-5-29-13)26-18-14(16)6-12(11-3-4-28-10-11)7-15(18)20(22,23)24;1-3-4-7-24-19-27-26-18(28-19)16-8-11(2)14-9-13(12-5-6-12)10-15(17(14)25-16)20(21,22)23;;/h7-9,12H,3-6,10H2,1-2H3,(H,25,28);7-9,12,14H,2-6,10H2,1H3,(H,25,28);2-4,7-10,12H,5-6,11H2,1H3,(H,25,28)(H,27,29);1-8,10H,9H2,(H,25,27);8-10,12H,3-7H2,1-2H3,(H,24,27);2*1H4. The fourth-order valence-electron chi connectivity index (χ4n) is 17.1. The average molecular weight is 2110 g/mol. The first-order valence-electron chi connectivity index (χ1n) is 47.3. The number of aromatic nitrogens is 12. The lowest BCUT2D eigenvalue weighted by Gasteiger charge is -2.21. The van der Waals surface area contributed by atoms with Crippen molar-refractivity contribution in [3.8, 4) is 45.9 Å². The molecule has 4 aliphatic carbocycles. The van der Waals surface area contributed by atoms with Crippen molar-refractivity contribution < 1.29 is 107 Å². The summed E-state index contributed by atoms with van der Waals surface area (Å²) in [6.07, 6.45) is -7.06. The van der Waals surface area contributed by atoms with Crippen LogP contribution in [0.15, 0.2) is 169 Å². The maximum atomic E-state index is 13.8. The summed E-state index contributed by atoms with van der Waals surface area (Å²) in [5, 5.41) is 44.6. The molecule has 2 amide bonds. The van der Waals surface area contributed by atoms with Gasteiger partial charge in [0.2, 0.25) is 0 Å². The first kappa shape index (κ1) is 108. The Labute approximate surface area is 851 Å². The molecular weight excluding hydrogens is 2010 g/mol. The molecule has 0 spiro atoms. The molecule has 2 saturated heterocycles. The van der Waals surface area contributed by atoms with Crippen LogP contribution in [0.5, 0.6) is 0 Å². The van der Waals surface area contributed by atoms with Gasteiger partial charge in [0.1, 0.15) is 28.5 Å². The smallest absolute Gasteiger partial charge is 0.418 e. The van der Waals surface area contributed by atoms with E-state index in [-0.39, 0.29) is 172 Å². The molecule has 0 radical (unpaired) electrons. The third kappa shape index (κ3) is 25.8. The number of ether oxygens (including phenoxy) is 3. The highest BCUT2D eigenvalue weighted by atomic mass is 35.5. The van der Waals surface area contributed by atoms with E-state index in [0.29, 0.717) is 92.6 Å². The number of nitrogens with one attached hydrogen (secondary N) is 6. The number of halogens is 16. The van der Waals surface area contributed by atoms with Crippen LogP contribution in [-0.2, 0) is 58.2 Å². The van der Waals surface area contributed by atoms with Crippen molar-refractivity contribution in [2.45, 2.75) is 206 Å². The average Bonchev–Trinajstić information content (AvgIpc) is 1.39. The lowest BCUT2D eigenvalue weighted by Crippen LogP contribution is -2.34. The van der Waals surface area contributed by atoms with Crippen molar-refractivity contribution in [2.24, 2.45) is 0 Å². The number of nitrogens with zero attached hydrogens (tertiary/aromatic N) is 12. The van der Waals surface area contributed by atoms with Crippen LogP contribution in [0.1, 0.15) is 228 Å². The van der Waals surface area contributed by atoms with Gasteiger partial charge in [0.05, 0.1) is 118 Å². The molecular formula is C105H102ClF15N18O9S. The van der Waals surface area contributed by atoms with Gasteiger partial charge in [-0.05, 0) is 287 Å². The van der Waals surface area contributed by atoms with E-state index >= 15 is 0 Å². The Kier molecular flexibility index (Phi) is 32.1. The van der Waals surface area contributed by atoms with Crippen molar-refractivity contribution in [2.75, 3.05) is 67.8 Å². The fourth-order valence-corrected chi connectivity index (χ4v) is 18.0. The van der Waals surface area contributed by atoms with Crippen molar-refractivity contribution in [1.29, 1.82) is 0 Å². The van der Waals surface area contributed by atoms with E-state index in [2.05, 4.69) is 99.3 Å². The Morgan fingerprint density at radius 2 is 0.913 bits per heavy atom. The van der Waals surface area contributed by atoms with Gasteiger partial charge >= 0.3 is 48.9 Å². The second-order valence-corrected chi connectivity index (χ2v) is 38.1. The molecule has 6 N–H and O–H groups in total. The van der Waals surface area contributed by atoms with Gasteiger partial charge in [0.15, 0.2) is 5.79 Å². The molecule has 27 nitrogen and oxygen atoms in total. The Hall–Kier alpha value is -14.0. The van der Waals surface area contributed by atoms with Gasteiger partial charge in [0.25, 0.3) is 29.5 Å². The molecule has 6 aliphatic rings. The highest BCUT2D eigenvalue weighted by Gasteiger charge is 2.43. The fraction of sp³-hybridized carbons (Fsp3) is 0.371. The summed E-state index contributed by atoms with van der Waals surface area (Å²) in [5.74, 6) is -0.964. The Bertz CT molecular complexity index is 7510. The summed E-state index contributed by atoms with van der Waals surface area (Å²) < 4.78 is 245. The van der Waals surface area contributed by atoms with E-state index in [1.807, 2.05) is 35.7 Å². The minimum atomic E-state index is -4.68. The van der Waals surface area contributed by atoms with Crippen LogP contribution in [0.2, 0.25) is 5.02 Å². The molecule has 16 aromatic rings. The molecule has 6 fully saturated rings. The minimum absolute atomic E-state index is 0. The normalized spacial score (nSPS) is 15.6. The van der Waals surface area contributed by atoms with Crippen LogP contribution < -0.4 is 31.9 Å². The zero-order valence-electron chi connectivity index (χ0n) is 79.5. The van der Waals surface area contributed by atoms with Crippen LogP contribution in [0, 0.1) is 20.8 Å². The first-order chi connectivity index (χ1) is 70.2. The van der Waals surface area contributed by atoms with E-state index in [0.717, 1.165) is 106 Å². The zero-order valence-corrected chi connectivity index (χ0v) is 81.0. The lowest BCUT2D eigenvalue weighted by atomic mass is 9.98. The van der Waals surface area contributed by atoms with Crippen LogP contribution in [-0.4, -0.2) is 131 Å². The molecule has 1 atom stereocenters. The zero-order chi connectivity index (χ0) is 104. The number of unbranched alkanes of at least 4 members (excludes halogenated alkanes) is 1. The number of fused-ring (bicyclic) bond motifs is 5. The van der Waals surface area contributed by atoms with E-state index in [1.54, 1.807) is 89.5 Å². The number of rotatable bonds is 25. The molecule has 2 aliphatic heterocycles. The van der Waals surface area contributed by atoms with E-state index in [9.17, 15) is 75.4 Å². The van der Waals surface area contributed by atoms with E-state index in [4.69, 9.17) is 43.5 Å². The molecule has 149 heavy (non-hydrogen) atoms. The van der Waals surface area contributed by atoms with Gasteiger partial charge in [0, 0.05) is 76.0 Å². The van der Waals surface area contributed by atoms with Crippen molar-refractivity contribution in [3.63, 3.8) is 0 Å². The molecule has 11 aromatic heterocycles. The molecule has 784 valence electrons. The number of alkyl halides is 15. The molecule has 4 saturated carbocycles. The van der Waals surface area contributed by atoms with Gasteiger partial charge in [-0.1, -0.05) is 67.2 Å². The Balaban J connectivity index is 0.000000132. The number of pyridine rings is 6. The van der Waals surface area contributed by atoms with Gasteiger partial charge < -0.3 is 63.8 Å². The Morgan fingerprint density at radius 3 is 1.33 bits per heavy atom. The summed E-state index contributed by atoms with van der Waals surface area (Å²) in [4.78, 5) is 50.9. The highest BCUT2D eigenvalue weighted by molar-refractivity contribution is 7.09. The number of carbonyl (C=O) groups excluding carboxylic acids is 2. The van der Waals surface area contributed by atoms with Crippen LogP contribution in [0.4, 0.5) is 89.6 Å². The molecule has 5 aromatic carbocycles. The van der Waals surface area contributed by atoms with Crippen molar-refractivity contribution in [3.05, 3.63) is 245 Å². The van der Waals surface area contributed by atoms with Gasteiger partial charge in [-0.25, -0.2) is 24.9 Å². The number of hydrogen-bond acceptors (Lipinski definition) is 26. The number of hydrogen-bond donors (Lipinski definition) is 6. The van der Waals surface area contributed by atoms with Crippen LogP contribution >= 0.6 is 22.9 Å². The summed E-state index contributed by atoms with van der Waals surface area (Å²) in [7, 11) is 1.61. The number of thiophene rings is 1. The van der Waals surface area contributed by atoms with Gasteiger partial charge in [-0.2, -0.15) is 65.9 Å².